The fraction of sp³-hybridized carbons (Fsp3) is 0.364. The van der Waals surface area contributed by atoms with E-state index in [9.17, 15) is 0 Å². The molecule has 4 aromatic carbocycles. The summed E-state index contributed by atoms with van der Waals surface area (Å²) in [6.45, 7) is 25.5. The van der Waals surface area contributed by atoms with Crippen LogP contribution in [0.4, 0.5) is 22.7 Å². The van der Waals surface area contributed by atoms with Crippen LogP contribution in [0.3, 0.4) is 0 Å². The fourth-order valence-electron chi connectivity index (χ4n) is 6.46. The molecule has 0 aliphatic heterocycles. The number of hydrogen-bond acceptors (Lipinski definition) is 4. The number of benzene rings is 4. The molecule has 4 nitrogen and oxygen atoms in total. The third-order valence-electron chi connectivity index (χ3n) is 9.45. The Balaban J connectivity index is 1.96. The van der Waals surface area contributed by atoms with Crippen LogP contribution in [0.1, 0.15) is 77.6 Å². The van der Waals surface area contributed by atoms with Crippen LogP contribution in [0.2, 0.25) is 0 Å². The molecule has 0 spiro atoms. The third kappa shape index (κ3) is 8.64. The highest BCUT2D eigenvalue weighted by Gasteiger charge is 2.11. The molecule has 0 unspecified atom stereocenters. The molecule has 4 rings (SSSR count). The van der Waals surface area contributed by atoms with Crippen molar-refractivity contribution in [3.05, 3.63) is 131 Å². The zero-order chi connectivity index (χ0) is 34.5. The van der Waals surface area contributed by atoms with Gasteiger partial charge in [0.1, 0.15) is 0 Å². The molecule has 4 heteroatoms. The molecule has 0 fully saturated rings. The van der Waals surface area contributed by atoms with E-state index >= 15 is 0 Å². The summed E-state index contributed by atoms with van der Waals surface area (Å²) >= 11 is 0. The Morgan fingerprint density at radius 1 is 0.312 bits per heavy atom. The Morgan fingerprint density at radius 2 is 0.479 bits per heavy atom. The van der Waals surface area contributed by atoms with Gasteiger partial charge in [-0.05, 0) is 126 Å². The third-order valence-corrected chi connectivity index (χ3v) is 9.45. The van der Waals surface area contributed by atoms with E-state index in [1.165, 1.54) is 22.7 Å². The Hall–Kier alpha value is -4.62. The molecule has 0 heterocycles. The lowest BCUT2D eigenvalue weighted by molar-refractivity contribution is 0.866. The van der Waals surface area contributed by atoms with Crippen LogP contribution in [0.15, 0.2) is 109 Å². The van der Waals surface area contributed by atoms with Gasteiger partial charge in [0.2, 0.25) is 0 Å². The van der Waals surface area contributed by atoms with Crippen LogP contribution in [0.5, 0.6) is 0 Å². The Kier molecular flexibility index (Phi) is 13.6. The predicted octanol–water partition coefficient (Wildman–Crippen LogP) is 10.4. The van der Waals surface area contributed by atoms with Crippen molar-refractivity contribution in [2.45, 2.75) is 55.4 Å². The Morgan fingerprint density at radius 3 is 0.625 bits per heavy atom. The molecule has 0 saturated heterocycles. The largest absolute Gasteiger partial charge is 0.372 e. The topological polar surface area (TPSA) is 13.0 Å². The SMILES string of the molecule is CCN(CC)c1ccc(C(=C=C=C(c2ccc(N(CC)CC)cc2)c2ccc(N(CC)CC)cc2)c2ccc(N(CC)CC)cc2)cc1. The standard InChI is InChI=1S/C44H56N4/c1-9-45(10-2)39-25-17-35(18-26-39)43(36-19-27-40(28-20-36)46(11-3)12-4)33-34-44(37-21-29-41(30-22-37)47(13-5)14-6)38-23-31-42(32-24-38)48(15-7)16-8/h17-32H,9-16H2,1-8H3. The smallest absolute Gasteiger partial charge is 0.0393 e. The van der Waals surface area contributed by atoms with Crippen LogP contribution in [0, 0.1) is 0 Å². The number of hydrogen-bond donors (Lipinski definition) is 0. The summed E-state index contributed by atoms with van der Waals surface area (Å²) in [5.74, 6) is 0. The second kappa shape index (κ2) is 18.1. The quantitative estimate of drug-likeness (QED) is 0.113. The maximum atomic E-state index is 3.70. The van der Waals surface area contributed by atoms with Crippen molar-refractivity contribution >= 4 is 33.9 Å². The van der Waals surface area contributed by atoms with Crippen LogP contribution < -0.4 is 19.6 Å². The monoisotopic (exact) mass is 640 g/mol. The van der Waals surface area contributed by atoms with Crippen molar-refractivity contribution in [2.24, 2.45) is 0 Å². The van der Waals surface area contributed by atoms with Crippen molar-refractivity contribution in [2.75, 3.05) is 72.0 Å². The maximum absolute atomic E-state index is 3.70. The Labute approximate surface area is 291 Å². The first kappa shape index (κ1) is 36.2. The molecule has 0 aliphatic carbocycles. The van der Waals surface area contributed by atoms with Gasteiger partial charge in [0.25, 0.3) is 0 Å². The molecule has 0 atom stereocenters. The summed E-state index contributed by atoms with van der Waals surface area (Å²) in [7, 11) is 0. The minimum atomic E-state index is 0.984. The Bertz CT molecular complexity index is 1400. The first-order chi connectivity index (χ1) is 23.4. The fourth-order valence-corrected chi connectivity index (χ4v) is 6.46. The van der Waals surface area contributed by atoms with Crippen molar-refractivity contribution in [1.29, 1.82) is 0 Å². The average molecular weight is 641 g/mol. The van der Waals surface area contributed by atoms with E-state index in [2.05, 4.69) is 184 Å². The van der Waals surface area contributed by atoms with Crippen molar-refractivity contribution in [3.63, 3.8) is 0 Å². The number of nitrogens with zero attached hydrogens (tertiary/aromatic N) is 4. The minimum Gasteiger partial charge on any atom is -0.372 e. The molecular weight excluding hydrogens is 585 g/mol. The van der Waals surface area contributed by atoms with Gasteiger partial charge >= 0.3 is 0 Å². The molecule has 252 valence electrons. The summed E-state index contributed by atoms with van der Waals surface area (Å²) in [6.07, 6.45) is 0. The van der Waals surface area contributed by atoms with Crippen molar-refractivity contribution < 1.29 is 0 Å². The molecule has 0 bridgehead atoms. The van der Waals surface area contributed by atoms with Gasteiger partial charge in [-0.1, -0.05) is 60.0 Å². The number of anilines is 4. The van der Waals surface area contributed by atoms with Gasteiger partial charge in [0.05, 0.1) is 0 Å². The summed E-state index contributed by atoms with van der Waals surface area (Å²) < 4.78 is 0. The minimum absolute atomic E-state index is 0.984. The van der Waals surface area contributed by atoms with Gasteiger partial charge in [-0.25, -0.2) is 0 Å². The summed E-state index contributed by atoms with van der Waals surface area (Å²) in [5.41, 5.74) is 18.9. The van der Waals surface area contributed by atoms with E-state index in [1.807, 2.05) is 0 Å². The first-order valence-corrected chi connectivity index (χ1v) is 18.1. The summed E-state index contributed by atoms with van der Waals surface area (Å²) in [6, 6.07) is 35.7. The van der Waals surface area contributed by atoms with E-state index in [1.54, 1.807) is 0 Å². The summed E-state index contributed by atoms with van der Waals surface area (Å²) in [4.78, 5) is 9.51. The number of rotatable bonds is 16. The summed E-state index contributed by atoms with van der Waals surface area (Å²) in [5, 5.41) is 0. The highest BCUT2D eigenvalue weighted by Crippen LogP contribution is 2.30. The maximum Gasteiger partial charge on any atom is 0.0393 e. The van der Waals surface area contributed by atoms with Crippen LogP contribution >= 0.6 is 0 Å². The average Bonchev–Trinajstić information content (AvgIpc) is 3.14. The van der Waals surface area contributed by atoms with Gasteiger partial charge in [-0.3, -0.25) is 0 Å². The first-order valence-electron chi connectivity index (χ1n) is 18.1. The molecule has 48 heavy (non-hydrogen) atoms. The van der Waals surface area contributed by atoms with E-state index in [0.717, 1.165) is 85.8 Å². The lowest BCUT2D eigenvalue weighted by Gasteiger charge is -2.22. The molecule has 0 aromatic heterocycles. The highest BCUT2D eigenvalue weighted by molar-refractivity contribution is 5.84. The molecule has 0 amide bonds. The van der Waals surface area contributed by atoms with Crippen LogP contribution in [-0.2, 0) is 0 Å². The molecular formula is C44H56N4. The highest BCUT2D eigenvalue weighted by atomic mass is 15.1. The zero-order valence-electron chi connectivity index (χ0n) is 30.7. The molecule has 0 N–H and O–H groups in total. The van der Waals surface area contributed by atoms with Crippen LogP contribution in [-0.4, -0.2) is 52.4 Å². The predicted molar refractivity (Wildman–Crippen MR) is 212 cm³/mol. The second-order valence-electron chi connectivity index (χ2n) is 11.9. The molecule has 4 aromatic rings. The van der Waals surface area contributed by atoms with E-state index in [4.69, 9.17) is 0 Å². The molecule has 0 radical (unpaired) electrons. The molecule has 0 aliphatic rings. The van der Waals surface area contributed by atoms with Gasteiger partial charge in [0.15, 0.2) is 0 Å². The van der Waals surface area contributed by atoms with E-state index in [0.29, 0.717) is 0 Å². The van der Waals surface area contributed by atoms with Gasteiger partial charge < -0.3 is 19.6 Å². The normalized spacial score (nSPS) is 10.6. The van der Waals surface area contributed by atoms with Gasteiger partial charge in [-0.15, -0.1) is 0 Å². The van der Waals surface area contributed by atoms with Gasteiger partial charge in [-0.2, -0.15) is 0 Å². The lowest BCUT2D eigenvalue weighted by atomic mass is 9.96. The van der Waals surface area contributed by atoms with E-state index < -0.39 is 0 Å². The van der Waals surface area contributed by atoms with Crippen molar-refractivity contribution in [1.82, 2.24) is 0 Å². The zero-order valence-corrected chi connectivity index (χ0v) is 30.7. The lowest BCUT2D eigenvalue weighted by Crippen LogP contribution is -2.21. The van der Waals surface area contributed by atoms with E-state index in [-0.39, 0.29) is 0 Å². The van der Waals surface area contributed by atoms with Crippen molar-refractivity contribution in [3.8, 4) is 0 Å². The van der Waals surface area contributed by atoms with Crippen LogP contribution in [0.25, 0.3) is 11.1 Å². The molecule has 0 saturated carbocycles. The second-order valence-corrected chi connectivity index (χ2v) is 11.9. The van der Waals surface area contributed by atoms with Gasteiger partial charge in [0, 0.05) is 86.3 Å².